The van der Waals surface area contributed by atoms with Gasteiger partial charge in [0.15, 0.2) is 0 Å². The first-order valence-electron chi connectivity index (χ1n) is 5.08. The van der Waals surface area contributed by atoms with Crippen LogP contribution in [0.1, 0.15) is 23.0 Å². The Morgan fingerprint density at radius 1 is 1.69 bits per heavy atom. The minimum Gasteiger partial charge on any atom is -0.496 e. The molecule has 0 saturated heterocycles. The minimum absolute atomic E-state index is 0.0203. The van der Waals surface area contributed by atoms with Gasteiger partial charge < -0.3 is 9.64 Å². The smallest absolute Gasteiger partial charge is 0.264 e. The van der Waals surface area contributed by atoms with Crippen molar-refractivity contribution in [1.82, 2.24) is 4.90 Å². The van der Waals surface area contributed by atoms with Crippen molar-refractivity contribution in [3.05, 3.63) is 16.3 Å². The number of thiophene rings is 1. The molecule has 0 aliphatic carbocycles. The highest BCUT2D eigenvalue weighted by atomic mass is 32.1. The molecule has 0 fully saturated rings. The summed E-state index contributed by atoms with van der Waals surface area (Å²) in [6.45, 7) is 3.06. The fourth-order valence-electron chi connectivity index (χ4n) is 1.33. The van der Waals surface area contributed by atoms with E-state index in [1.807, 2.05) is 12.3 Å². The fraction of sp³-hybridized carbons (Fsp3) is 0.417. The van der Waals surface area contributed by atoms with Gasteiger partial charge in [0.25, 0.3) is 5.91 Å². The second kappa shape index (κ2) is 6.19. The minimum atomic E-state index is -0.0203. The quantitative estimate of drug-likeness (QED) is 0.735. The van der Waals surface area contributed by atoms with Gasteiger partial charge in [0.05, 0.1) is 18.5 Å². The first kappa shape index (κ1) is 12.6. The van der Waals surface area contributed by atoms with E-state index in [1.54, 1.807) is 18.1 Å². The van der Waals surface area contributed by atoms with Crippen LogP contribution in [0.25, 0.3) is 0 Å². The largest absolute Gasteiger partial charge is 0.496 e. The highest BCUT2D eigenvalue weighted by Gasteiger charge is 2.16. The molecule has 3 nitrogen and oxygen atoms in total. The van der Waals surface area contributed by atoms with Crippen LogP contribution in [-0.2, 0) is 0 Å². The number of methoxy groups -OCH3 is 1. The molecule has 0 radical (unpaired) electrons. The van der Waals surface area contributed by atoms with E-state index in [4.69, 9.17) is 11.2 Å². The third-order valence-electron chi connectivity index (χ3n) is 2.08. The van der Waals surface area contributed by atoms with Crippen molar-refractivity contribution in [3.8, 4) is 18.1 Å². The molecule has 1 aromatic rings. The van der Waals surface area contributed by atoms with Crippen LogP contribution in [0, 0.1) is 12.3 Å². The summed E-state index contributed by atoms with van der Waals surface area (Å²) in [6, 6.07) is 1.74. The third kappa shape index (κ3) is 3.01. The summed E-state index contributed by atoms with van der Waals surface area (Å²) < 4.78 is 5.04. The Balaban J connectivity index is 2.77. The van der Waals surface area contributed by atoms with Gasteiger partial charge in [-0.15, -0.1) is 17.8 Å². The SMILES string of the molecule is C#CCN(CCC)C(=O)c1cc(OC)cs1. The number of amides is 1. The van der Waals surface area contributed by atoms with Crippen LogP contribution in [0.15, 0.2) is 11.4 Å². The maximum atomic E-state index is 12.0. The van der Waals surface area contributed by atoms with Gasteiger partial charge in [-0.1, -0.05) is 12.8 Å². The second-order valence-electron chi connectivity index (χ2n) is 3.28. The molecule has 1 heterocycles. The van der Waals surface area contributed by atoms with E-state index in [9.17, 15) is 4.79 Å². The monoisotopic (exact) mass is 237 g/mol. The van der Waals surface area contributed by atoms with Crippen molar-refractivity contribution in [2.24, 2.45) is 0 Å². The summed E-state index contributed by atoms with van der Waals surface area (Å²) in [4.78, 5) is 14.4. The molecule has 16 heavy (non-hydrogen) atoms. The summed E-state index contributed by atoms with van der Waals surface area (Å²) in [5.41, 5.74) is 0. The lowest BCUT2D eigenvalue weighted by Crippen LogP contribution is -2.31. The molecule has 86 valence electrons. The van der Waals surface area contributed by atoms with Crippen LogP contribution in [-0.4, -0.2) is 31.0 Å². The number of carbonyl (C=O) groups excluding carboxylic acids is 1. The zero-order valence-electron chi connectivity index (χ0n) is 9.53. The molecule has 0 bridgehead atoms. The molecule has 0 aliphatic heterocycles. The lowest BCUT2D eigenvalue weighted by molar-refractivity contribution is 0.0781. The van der Waals surface area contributed by atoms with Crippen molar-refractivity contribution < 1.29 is 9.53 Å². The average Bonchev–Trinajstić information content (AvgIpc) is 2.76. The van der Waals surface area contributed by atoms with E-state index in [1.165, 1.54) is 11.3 Å². The molecule has 0 spiro atoms. The standard InChI is InChI=1S/C12H15NO2S/c1-4-6-13(7-5-2)12(14)11-8-10(15-3)9-16-11/h1,8-9H,5-7H2,2-3H3. The van der Waals surface area contributed by atoms with Crippen molar-refractivity contribution in [1.29, 1.82) is 0 Å². The zero-order valence-corrected chi connectivity index (χ0v) is 10.3. The van der Waals surface area contributed by atoms with Crippen molar-refractivity contribution in [3.63, 3.8) is 0 Å². The molecule has 0 aromatic carbocycles. The molecule has 0 unspecified atom stereocenters. The molecule has 0 atom stereocenters. The summed E-state index contributed by atoms with van der Waals surface area (Å²) in [5.74, 6) is 3.20. The van der Waals surface area contributed by atoms with Gasteiger partial charge in [-0.25, -0.2) is 0 Å². The number of ether oxygens (including phenoxy) is 1. The summed E-state index contributed by atoms with van der Waals surface area (Å²) >= 11 is 1.38. The average molecular weight is 237 g/mol. The van der Waals surface area contributed by atoms with Gasteiger partial charge in [-0.3, -0.25) is 4.79 Å². The summed E-state index contributed by atoms with van der Waals surface area (Å²) in [5, 5.41) is 1.81. The van der Waals surface area contributed by atoms with Gasteiger partial charge in [-0.05, 0) is 6.42 Å². The van der Waals surface area contributed by atoms with Crippen LogP contribution in [0.2, 0.25) is 0 Å². The van der Waals surface area contributed by atoms with Crippen molar-refractivity contribution in [2.75, 3.05) is 20.2 Å². The van der Waals surface area contributed by atoms with Crippen LogP contribution < -0.4 is 4.74 Å². The Morgan fingerprint density at radius 2 is 2.44 bits per heavy atom. The van der Waals surface area contributed by atoms with Gasteiger partial charge in [0.1, 0.15) is 5.75 Å². The number of hydrogen-bond acceptors (Lipinski definition) is 3. The van der Waals surface area contributed by atoms with Crippen LogP contribution in [0.3, 0.4) is 0 Å². The Hall–Kier alpha value is -1.47. The van der Waals surface area contributed by atoms with Crippen LogP contribution in [0.4, 0.5) is 0 Å². The van der Waals surface area contributed by atoms with E-state index in [0.29, 0.717) is 23.7 Å². The number of terminal acetylenes is 1. The predicted octanol–water partition coefficient (Wildman–Crippen LogP) is 2.24. The van der Waals surface area contributed by atoms with Crippen LogP contribution in [0.5, 0.6) is 5.75 Å². The molecule has 0 saturated carbocycles. The van der Waals surface area contributed by atoms with Gasteiger partial charge in [0, 0.05) is 18.0 Å². The van der Waals surface area contributed by atoms with Gasteiger partial charge in [-0.2, -0.15) is 0 Å². The molecule has 0 aliphatic rings. The van der Waals surface area contributed by atoms with Gasteiger partial charge >= 0.3 is 0 Å². The van der Waals surface area contributed by atoms with E-state index in [2.05, 4.69) is 5.92 Å². The fourth-order valence-corrected chi connectivity index (χ4v) is 2.15. The normalized spacial score (nSPS) is 9.56. The Labute approximate surface area is 100 Å². The van der Waals surface area contributed by atoms with E-state index in [0.717, 1.165) is 6.42 Å². The summed E-state index contributed by atoms with van der Waals surface area (Å²) in [6.07, 6.45) is 6.14. The highest BCUT2D eigenvalue weighted by Crippen LogP contribution is 2.22. The molecular formula is C12H15NO2S. The second-order valence-corrected chi connectivity index (χ2v) is 4.19. The zero-order chi connectivity index (χ0) is 12.0. The van der Waals surface area contributed by atoms with E-state index >= 15 is 0 Å². The molecule has 0 N–H and O–H groups in total. The lowest BCUT2D eigenvalue weighted by Gasteiger charge is -2.18. The summed E-state index contributed by atoms with van der Waals surface area (Å²) in [7, 11) is 1.58. The number of carbonyl (C=O) groups is 1. The number of rotatable bonds is 5. The molecule has 1 amide bonds. The molecule has 1 aromatic heterocycles. The topological polar surface area (TPSA) is 29.5 Å². The van der Waals surface area contributed by atoms with E-state index in [-0.39, 0.29) is 5.91 Å². The number of nitrogens with zero attached hydrogens (tertiary/aromatic N) is 1. The maximum absolute atomic E-state index is 12.0. The lowest BCUT2D eigenvalue weighted by atomic mass is 10.3. The molecular weight excluding hydrogens is 222 g/mol. The third-order valence-corrected chi connectivity index (χ3v) is 2.98. The molecule has 1 rings (SSSR count). The Kier molecular flexibility index (Phi) is 4.87. The van der Waals surface area contributed by atoms with Crippen LogP contribution >= 0.6 is 11.3 Å². The van der Waals surface area contributed by atoms with E-state index < -0.39 is 0 Å². The maximum Gasteiger partial charge on any atom is 0.264 e. The van der Waals surface area contributed by atoms with Gasteiger partial charge in [0.2, 0.25) is 0 Å². The number of hydrogen-bond donors (Lipinski definition) is 0. The molecule has 4 heteroatoms. The highest BCUT2D eigenvalue weighted by molar-refractivity contribution is 7.12. The Morgan fingerprint density at radius 3 is 2.94 bits per heavy atom. The first-order chi connectivity index (χ1) is 7.72. The Bertz CT molecular complexity index is 392. The van der Waals surface area contributed by atoms with Crippen molar-refractivity contribution in [2.45, 2.75) is 13.3 Å². The van der Waals surface area contributed by atoms with Crippen molar-refractivity contribution >= 4 is 17.2 Å². The first-order valence-corrected chi connectivity index (χ1v) is 5.96. The predicted molar refractivity (Wildman–Crippen MR) is 65.9 cm³/mol.